The lowest BCUT2D eigenvalue weighted by Gasteiger charge is -2.39. The Balaban J connectivity index is 1.70. The number of likely N-dealkylation sites (tertiary alicyclic amines) is 1. The van der Waals surface area contributed by atoms with E-state index in [2.05, 4.69) is 24.1 Å². The molecule has 4 nitrogen and oxygen atoms in total. The van der Waals surface area contributed by atoms with Crippen LogP contribution in [-0.4, -0.2) is 61.5 Å². The van der Waals surface area contributed by atoms with E-state index in [0.717, 1.165) is 13.1 Å². The van der Waals surface area contributed by atoms with Gasteiger partial charge in [0.1, 0.15) is 0 Å². The van der Waals surface area contributed by atoms with Crippen LogP contribution < -0.4 is 5.32 Å². The van der Waals surface area contributed by atoms with Crippen molar-refractivity contribution in [3.8, 4) is 0 Å². The summed E-state index contributed by atoms with van der Waals surface area (Å²) in [5.74, 6) is 0.218. The van der Waals surface area contributed by atoms with Gasteiger partial charge in [0.2, 0.25) is 5.91 Å². The first kappa shape index (κ1) is 16.8. The maximum atomic E-state index is 11.7. The van der Waals surface area contributed by atoms with E-state index < -0.39 is 0 Å². The molecule has 0 spiro atoms. The van der Waals surface area contributed by atoms with Crippen molar-refractivity contribution >= 4 is 5.91 Å². The number of hydrogen-bond acceptors (Lipinski definition) is 3. The molecule has 2 aliphatic rings. The van der Waals surface area contributed by atoms with E-state index in [-0.39, 0.29) is 5.91 Å². The lowest BCUT2D eigenvalue weighted by Crippen LogP contribution is -2.49. The normalized spacial score (nSPS) is 27.5. The second kappa shape index (κ2) is 7.10. The predicted molar refractivity (Wildman–Crippen MR) is 87.3 cm³/mol. The average molecular weight is 295 g/mol. The molecule has 1 aliphatic heterocycles. The smallest absolute Gasteiger partial charge is 0.236 e. The summed E-state index contributed by atoms with van der Waals surface area (Å²) >= 11 is 0. The van der Waals surface area contributed by atoms with Gasteiger partial charge in [0.15, 0.2) is 0 Å². The summed E-state index contributed by atoms with van der Waals surface area (Å²) in [5.41, 5.74) is 0.509. The molecule has 1 heterocycles. The third-order valence-corrected chi connectivity index (χ3v) is 5.12. The summed E-state index contributed by atoms with van der Waals surface area (Å²) in [7, 11) is 3.67. The second-order valence-corrected chi connectivity index (χ2v) is 7.96. The summed E-state index contributed by atoms with van der Waals surface area (Å²) in [6.07, 6.45) is 7.74. The molecule has 2 rings (SSSR count). The van der Waals surface area contributed by atoms with Crippen LogP contribution in [0, 0.1) is 5.41 Å². The molecule has 1 amide bonds. The van der Waals surface area contributed by atoms with Crippen LogP contribution in [0.1, 0.15) is 52.4 Å². The molecule has 0 bridgehead atoms. The number of nitrogens with one attached hydrogen (secondary N) is 1. The van der Waals surface area contributed by atoms with Gasteiger partial charge in [-0.2, -0.15) is 0 Å². The van der Waals surface area contributed by atoms with E-state index in [1.807, 2.05) is 14.1 Å². The Hall–Kier alpha value is -0.610. The quantitative estimate of drug-likeness (QED) is 0.863. The average Bonchev–Trinajstić information content (AvgIpc) is 2.39. The van der Waals surface area contributed by atoms with E-state index in [1.54, 1.807) is 4.90 Å². The molecule has 0 aromatic carbocycles. The van der Waals surface area contributed by atoms with E-state index >= 15 is 0 Å². The molecule has 1 N–H and O–H groups in total. The first-order valence-corrected chi connectivity index (χ1v) is 8.54. The second-order valence-electron chi connectivity index (χ2n) is 7.96. The summed E-state index contributed by atoms with van der Waals surface area (Å²) < 4.78 is 0. The van der Waals surface area contributed by atoms with Crippen LogP contribution in [0.4, 0.5) is 0 Å². The first-order valence-electron chi connectivity index (χ1n) is 8.54. The first-order chi connectivity index (χ1) is 9.85. The lowest BCUT2D eigenvalue weighted by molar-refractivity contribution is -0.130. The third kappa shape index (κ3) is 5.26. The highest BCUT2D eigenvalue weighted by atomic mass is 16.2. The zero-order valence-corrected chi connectivity index (χ0v) is 14.3. The molecule has 1 atom stereocenters. The molecule has 4 heteroatoms. The van der Waals surface area contributed by atoms with Crippen molar-refractivity contribution in [1.29, 1.82) is 0 Å². The standard InChI is InChI=1S/C17H33N3O/c1-17(2)9-5-6-15(12-17)18-14-7-10-20(11-8-14)13-16(21)19(3)4/h14-15,18H,5-13H2,1-4H3. The molecule has 0 radical (unpaired) electrons. The molecule has 1 saturated carbocycles. The highest BCUT2D eigenvalue weighted by molar-refractivity contribution is 5.77. The van der Waals surface area contributed by atoms with E-state index in [9.17, 15) is 4.79 Å². The van der Waals surface area contributed by atoms with Gasteiger partial charge in [-0.05, 0) is 37.5 Å². The highest BCUT2D eigenvalue weighted by Gasteiger charge is 2.30. The van der Waals surface area contributed by atoms with Crippen LogP contribution in [0.3, 0.4) is 0 Å². The van der Waals surface area contributed by atoms with Gasteiger partial charge < -0.3 is 10.2 Å². The fourth-order valence-electron chi connectivity index (χ4n) is 3.76. The van der Waals surface area contributed by atoms with Crippen LogP contribution in [0.25, 0.3) is 0 Å². The highest BCUT2D eigenvalue weighted by Crippen LogP contribution is 2.35. The number of amides is 1. The van der Waals surface area contributed by atoms with Crippen molar-refractivity contribution in [3.05, 3.63) is 0 Å². The Morgan fingerprint density at radius 3 is 2.43 bits per heavy atom. The van der Waals surface area contributed by atoms with Crippen molar-refractivity contribution in [3.63, 3.8) is 0 Å². The van der Waals surface area contributed by atoms with Gasteiger partial charge in [-0.1, -0.05) is 20.3 Å². The fraction of sp³-hybridized carbons (Fsp3) is 0.941. The SMILES string of the molecule is CN(C)C(=O)CN1CCC(NC2CCCC(C)(C)C2)CC1. The Bertz CT molecular complexity index is 346. The molecule has 1 aliphatic carbocycles. The molecule has 1 saturated heterocycles. The van der Waals surface area contributed by atoms with Crippen LogP contribution in [0.15, 0.2) is 0 Å². The maximum absolute atomic E-state index is 11.7. The van der Waals surface area contributed by atoms with Crippen molar-refractivity contribution in [1.82, 2.24) is 15.1 Å². The summed E-state index contributed by atoms with van der Waals surface area (Å²) in [6, 6.07) is 1.35. The molecule has 2 fully saturated rings. The Labute approximate surface area is 130 Å². The zero-order valence-electron chi connectivity index (χ0n) is 14.3. The van der Waals surface area contributed by atoms with Gasteiger partial charge in [-0.3, -0.25) is 9.69 Å². The number of carbonyl (C=O) groups excluding carboxylic acids is 1. The number of rotatable bonds is 4. The van der Waals surface area contributed by atoms with Crippen molar-refractivity contribution < 1.29 is 4.79 Å². The van der Waals surface area contributed by atoms with Gasteiger partial charge in [0, 0.05) is 39.3 Å². The van der Waals surface area contributed by atoms with E-state index in [0.29, 0.717) is 24.0 Å². The zero-order chi connectivity index (χ0) is 15.5. The van der Waals surface area contributed by atoms with Crippen LogP contribution >= 0.6 is 0 Å². The van der Waals surface area contributed by atoms with Crippen molar-refractivity contribution in [2.24, 2.45) is 5.41 Å². The molecule has 1 unspecified atom stereocenters. The molecule has 21 heavy (non-hydrogen) atoms. The number of nitrogens with zero attached hydrogens (tertiary/aromatic N) is 2. The predicted octanol–water partition coefficient (Wildman–Crippen LogP) is 2.10. The minimum atomic E-state index is 0.218. The number of likely N-dealkylation sites (N-methyl/N-ethyl adjacent to an activating group) is 1. The minimum Gasteiger partial charge on any atom is -0.348 e. The monoisotopic (exact) mass is 295 g/mol. The number of piperidine rings is 1. The maximum Gasteiger partial charge on any atom is 0.236 e. The Morgan fingerprint density at radius 2 is 1.86 bits per heavy atom. The topological polar surface area (TPSA) is 35.6 Å². The van der Waals surface area contributed by atoms with Crippen LogP contribution in [0.2, 0.25) is 0 Å². The molecular weight excluding hydrogens is 262 g/mol. The van der Waals surface area contributed by atoms with Crippen LogP contribution in [0.5, 0.6) is 0 Å². The van der Waals surface area contributed by atoms with Crippen molar-refractivity contribution in [2.75, 3.05) is 33.7 Å². The molecule has 122 valence electrons. The lowest BCUT2D eigenvalue weighted by atomic mass is 9.75. The minimum absolute atomic E-state index is 0.218. The van der Waals surface area contributed by atoms with Crippen LogP contribution in [-0.2, 0) is 4.79 Å². The van der Waals surface area contributed by atoms with E-state index in [4.69, 9.17) is 0 Å². The van der Waals surface area contributed by atoms with E-state index in [1.165, 1.54) is 38.5 Å². The van der Waals surface area contributed by atoms with Gasteiger partial charge in [0.05, 0.1) is 6.54 Å². The Morgan fingerprint density at radius 1 is 1.19 bits per heavy atom. The summed E-state index contributed by atoms with van der Waals surface area (Å²) in [6.45, 7) is 7.48. The van der Waals surface area contributed by atoms with Crippen molar-refractivity contribution in [2.45, 2.75) is 64.5 Å². The van der Waals surface area contributed by atoms with Gasteiger partial charge in [0.25, 0.3) is 0 Å². The summed E-state index contributed by atoms with van der Waals surface area (Å²) in [4.78, 5) is 15.7. The van der Waals surface area contributed by atoms with Gasteiger partial charge >= 0.3 is 0 Å². The largest absolute Gasteiger partial charge is 0.348 e. The van der Waals surface area contributed by atoms with Gasteiger partial charge in [-0.15, -0.1) is 0 Å². The Kier molecular flexibility index (Phi) is 5.67. The van der Waals surface area contributed by atoms with Gasteiger partial charge in [-0.25, -0.2) is 0 Å². The molecule has 0 aromatic rings. The summed E-state index contributed by atoms with van der Waals surface area (Å²) in [5, 5.41) is 3.89. The molecule has 0 aromatic heterocycles. The number of hydrogen-bond donors (Lipinski definition) is 1. The fourth-order valence-corrected chi connectivity index (χ4v) is 3.76. The number of carbonyl (C=O) groups is 1. The molecular formula is C17H33N3O. The third-order valence-electron chi connectivity index (χ3n) is 5.12.